The van der Waals surface area contributed by atoms with E-state index in [0.29, 0.717) is 10.7 Å². The highest BCUT2D eigenvalue weighted by atomic mass is 35.5. The second-order valence-electron chi connectivity index (χ2n) is 3.54. The van der Waals surface area contributed by atoms with Gasteiger partial charge in [0.25, 0.3) is 0 Å². The van der Waals surface area contributed by atoms with Gasteiger partial charge in [-0.25, -0.2) is 9.59 Å². The Labute approximate surface area is 107 Å². The van der Waals surface area contributed by atoms with Crippen LogP contribution in [0.25, 0.3) is 5.69 Å². The van der Waals surface area contributed by atoms with Crippen LogP contribution in [0.5, 0.6) is 0 Å². The average Bonchev–Trinajstić information content (AvgIpc) is 2.67. The van der Waals surface area contributed by atoms with Gasteiger partial charge in [0.15, 0.2) is 0 Å². The Balaban J connectivity index is 2.62. The minimum atomic E-state index is -1.23. The number of carbonyl (C=O) groups is 1. The molecule has 0 aliphatic rings. The van der Waals surface area contributed by atoms with Gasteiger partial charge in [-0.05, 0) is 31.2 Å². The second kappa shape index (κ2) is 4.66. The van der Waals surface area contributed by atoms with Gasteiger partial charge in [0.1, 0.15) is 0 Å². The lowest BCUT2D eigenvalue weighted by Crippen LogP contribution is -2.24. The number of carboxylic acid groups (broad SMARTS) is 1. The van der Waals surface area contributed by atoms with Crippen molar-refractivity contribution < 1.29 is 9.90 Å². The van der Waals surface area contributed by atoms with Gasteiger partial charge < -0.3 is 5.11 Å². The van der Waals surface area contributed by atoms with Crippen molar-refractivity contribution >= 4 is 17.6 Å². The molecule has 0 atom stereocenters. The number of benzene rings is 1. The zero-order valence-electron chi connectivity index (χ0n) is 9.50. The zero-order chi connectivity index (χ0) is 13.3. The molecule has 2 rings (SSSR count). The van der Waals surface area contributed by atoms with Crippen LogP contribution in [-0.4, -0.2) is 25.4 Å². The lowest BCUT2D eigenvalue weighted by atomic mass is 10.3. The summed E-state index contributed by atoms with van der Waals surface area (Å²) in [6, 6.07) is 6.41. The normalized spacial score (nSPS) is 10.6. The van der Waals surface area contributed by atoms with E-state index in [1.165, 1.54) is 0 Å². The maximum atomic E-state index is 12.0. The predicted molar refractivity (Wildman–Crippen MR) is 65.5 cm³/mol. The molecule has 0 aliphatic heterocycles. The minimum absolute atomic E-state index is 0.244. The summed E-state index contributed by atoms with van der Waals surface area (Å²) < 4.78 is 2.14. The van der Waals surface area contributed by atoms with Crippen molar-refractivity contribution in [2.45, 2.75) is 13.5 Å². The van der Waals surface area contributed by atoms with Crippen molar-refractivity contribution in [3.05, 3.63) is 45.6 Å². The van der Waals surface area contributed by atoms with Crippen LogP contribution < -0.4 is 5.69 Å². The van der Waals surface area contributed by atoms with Gasteiger partial charge in [0.05, 0.1) is 5.69 Å². The van der Waals surface area contributed by atoms with Crippen molar-refractivity contribution in [3.8, 4) is 5.69 Å². The summed E-state index contributed by atoms with van der Waals surface area (Å²) in [7, 11) is 0. The number of carboxylic acids is 1. The summed E-state index contributed by atoms with van der Waals surface area (Å²) in [5.74, 6) is -1.51. The van der Waals surface area contributed by atoms with E-state index in [1.54, 1.807) is 31.2 Å². The fourth-order valence-electron chi connectivity index (χ4n) is 1.59. The number of aromatic nitrogens is 3. The van der Waals surface area contributed by atoms with Gasteiger partial charge in [-0.15, -0.1) is 5.10 Å². The van der Waals surface area contributed by atoms with E-state index in [9.17, 15) is 9.59 Å². The molecule has 1 aromatic heterocycles. The summed E-state index contributed by atoms with van der Waals surface area (Å²) in [6.45, 7) is 1.93. The van der Waals surface area contributed by atoms with Crippen molar-refractivity contribution in [3.63, 3.8) is 0 Å². The molecule has 7 heteroatoms. The molecule has 0 saturated carbocycles. The summed E-state index contributed by atoms with van der Waals surface area (Å²) in [5.41, 5.74) is -0.0173. The van der Waals surface area contributed by atoms with Crippen molar-refractivity contribution in [2.75, 3.05) is 0 Å². The predicted octanol–water partition coefficient (Wildman–Crippen LogP) is 1.41. The van der Waals surface area contributed by atoms with Gasteiger partial charge in [-0.3, -0.25) is 4.57 Å². The molecule has 0 amide bonds. The molecule has 18 heavy (non-hydrogen) atoms. The number of hydrogen-bond acceptors (Lipinski definition) is 3. The first-order valence-electron chi connectivity index (χ1n) is 5.23. The monoisotopic (exact) mass is 267 g/mol. The van der Waals surface area contributed by atoms with E-state index in [4.69, 9.17) is 16.7 Å². The largest absolute Gasteiger partial charge is 0.475 e. The molecular formula is C11H10ClN3O3. The molecule has 1 heterocycles. The quantitative estimate of drug-likeness (QED) is 0.912. The Morgan fingerprint density at radius 1 is 1.39 bits per heavy atom. The van der Waals surface area contributed by atoms with Gasteiger partial charge in [-0.2, -0.15) is 4.68 Å². The zero-order valence-corrected chi connectivity index (χ0v) is 10.3. The summed E-state index contributed by atoms with van der Waals surface area (Å²) >= 11 is 5.75. The van der Waals surface area contributed by atoms with Gasteiger partial charge in [0.2, 0.25) is 5.82 Å². The molecule has 0 spiro atoms. The van der Waals surface area contributed by atoms with E-state index < -0.39 is 11.7 Å². The maximum absolute atomic E-state index is 12.0. The SMILES string of the molecule is CCn1c(C(=O)O)nn(-c2ccc(Cl)cc2)c1=O. The second-order valence-corrected chi connectivity index (χ2v) is 3.98. The van der Waals surface area contributed by atoms with Crippen LogP contribution in [0.1, 0.15) is 17.5 Å². The summed E-state index contributed by atoms with van der Waals surface area (Å²) in [6.07, 6.45) is 0. The van der Waals surface area contributed by atoms with Crippen molar-refractivity contribution in [2.24, 2.45) is 0 Å². The van der Waals surface area contributed by atoms with E-state index in [2.05, 4.69) is 5.10 Å². The summed E-state index contributed by atoms with van der Waals surface area (Å²) in [5, 5.41) is 13.3. The Bertz CT molecular complexity index is 643. The van der Waals surface area contributed by atoms with Crippen LogP contribution in [0.3, 0.4) is 0 Å². The minimum Gasteiger partial charge on any atom is -0.475 e. The van der Waals surface area contributed by atoms with E-state index >= 15 is 0 Å². The lowest BCUT2D eigenvalue weighted by molar-refractivity contribution is 0.0677. The van der Waals surface area contributed by atoms with E-state index in [0.717, 1.165) is 9.25 Å². The molecule has 94 valence electrons. The van der Waals surface area contributed by atoms with Crippen molar-refractivity contribution in [1.82, 2.24) is 14.3 Å². The maximum Gasteiger partial charge on any atom is 0.374 e. The van der Waals surface area contributed by atoms with Crippen LogP contribution >= 0.6 is 11.6 Å². The third-order valence-electron chi connectivity index (χ3n) is 2.44. The first-order valence-corrected chi connectivity index (χ1v) is 5.61. The fraction of sp³-hybridized carbons (Fsp3) is 0.182. The number of nitrogens with zero attached hydrogens (tertiary/aromatic N) is 3. The van der Waals surface area contributed by atoms with E-state index in [-0.39, 0.29) is 12.4 Å². The van der Waals surface area contributed by atoms with Crippen LogP contribution in [0.4, 0.5) is 0 Å². The molecule has 0 unspecified atom stereocenters. The van der Waals surface area contributed by atoms with Gasteiger partial charge in [0, 0.05) is 11.6 Å². The first kappa shape index (κ1) is 12.4. The molecule has 0 radical (unpaired) electrons. The number of rotatable bonds is 3. The molecule has 1 N–H and O–H groups in total. The smallest absolute Gasteiger partial charge is 0.374 e. The lowest BCUT2D eigenvalue weighted by Gasteiger charge is -1.98. The number of aromatic carboxylic acids is 1. The number of hydrogen-bond donors (Lipinski definition) is 1. The first-order chi connectivity index (χ1) is 8.54. The molecule has 0 aliphatic carbocycles. The summed E-state index contributed by atoms with van der Waals surface area (Å²) in [4.78, 5) is 23.0. The Morgan fingerprint density at radius 2 is 2.00 bits per heavy atom. The topological polar surface area (TPSA) is 77.1 Å². The Morgan fingerprint density at radius 3 is 2.44 bits per heavy atom. The molecule has 0 fully saturated rings. The van der Waals surface area contributed by atoms with Crippen LogP contribution in [-0.2, 0) is 6.54 Å². The highest BCUT2D eigenvalue weighted by Gasteiger charge is 2.18. The molecule has 0 bridgehead atoms. The molecule has 1 aromatic carbocycles. The number of halogens is 1. The van der Waals surface area contributed by atoms with Crippen LogP contribution in [0.2, 0.25) is 5.02 Å². The molecular weight excluding hydrogens is 258 g/mol. The van der Waals surface area contributed by atoms with E-state index in [1.807, 2.05) is 0 Å². The highest BCUT2D eigenvalue weighted by molar-refractivity contribution is 6.30. The standard InChI is InChI=1S/C11H10ClN3O3/c1-2-14-9(10(16)17)13-15(11(14)18)8-5-3-7(12)4-6-8/h3-6H,2H2,1H3,(H,16,17). The Hall–Kier alpha value is -2.08. The molecule has 0 saturated heterocycles. The third-order valence-corrected chi connectivity index (χ3v) is 2.69. The van der Waals surface area contributed by atoms with Gasteiger partial charge in [-0.1, -0.05) is 11.6 Å². The van der Waals surface area contributed by atoms with Crippen molar-refractivity contribution in [1.29, 1.82) is 0 Å². The third kappa shape index (κ3) is 2.02. The van der Waals surface area contributed by atoms with Crippen LogP contribution in [0.15, 0.2) is 29.1 Å². The fourth-order valence-corrected chi connectivity index (χ4v) is 1.72. The average molecular weight is 268 g/mol. The highest BCUT2D eigenvalue weighted by Crippen LogP contribution is 2.11. The van der Waals surface area contributed by atoms with Gasteiger partial charge >= 0.3 is 11.7 Å². The Kier molecular flexibility index (Phi) is 3.20. The molecule has 6 nitrogen and oxygen atoms in total. The molecule has 2 aromatic rings. The van der Waals surface area contributed by atoms with Crippen LogP contribution in [0, 0.1) is 0 Å².